The van der Waals surface area contributed by atoms with E-state index in [0.717, 1.165) is 12.8 Å². The third-order valence-corrected chi connectivity index (χ3v) is 7.01. The molecule has 0 radical (unpaired) electrons. The van der Waals surface area contributed by atoms with Crippen LogP contribution in [0.4, 0.5) is 0 Å². The Kier molecular flexibility index (Phi) is 6.47. The first-order valence-electron chi connectivity index (χ1n) is 9.30. The summed E-state index contributed by atoms with van der Waals surface area (Å²) in [7, 11) is 2.33. The standard InChI is InChI=1S/C20H23NS.C2H2O4.H2O/c1-5-19-15-9-7-8-10-16(15)20(6-2,21(19)3)18-13-14(22-4)11-12-17(18)19;3-1(4)2(5)6;/h7-13H,5-6H2,1-4H3;(H,3,4)(H,5,6);1H2. The van der Waals surface area contributed by atoms with Gasteiger partial charge in [-0.05, 0) is 60.5 Å². The van der Waals surface area contributed by atoms with Crippen molar-refractivity contribution in [1.29, 1.82) is 0 Å². The molecule has 4 rings (SSSR count). The van der Waals surface area contributed by atoms with Gasteiger partial charge in [-0.3, -0.25) is 4.90 Å². The highest BCUT2D eigenvalue weighted by molar-refractivity contribution is 7.98. The Morgan fingerprint density at radius 3 is 1.76 bits per heavy atom. The molecule has 0 fully saturated rings. The molecule has 0 amide bonds. The van der Waals surface area contributed by atoms with Crippen molar-refractivity contribution in [2.45, 2.75) is 42.7 Å². The minimum atomic E-state index is -1.82. The maximum Gasteiger partial charge on any atom is 0.414 e. The number of thioether (sulfide) groups is 1. The molecule has 0 aromatic heterocycles. The number of hydrogen-bond acceptors (Lipinski definition) is 4. The second kappa shape index (κ2) is 8.18. The largest absolute Gasteiger partial charge is 0.473 e. The molecule has 6 nitrogen and oxygen atoms in total. The Bertz CT molecular complexity index is 935. The molecular formula is C22H27NO5S. The number of fused-ring (bicyclic) bond motifs is 8. The summed E-state index contributed by atoms with van der Waals surface area (Å²) in [5, 5.41) is 14.8. The fraction of sp³-hybridized carbons (Fsp3) is 0.364. The Hall–Kier alpha value is -2.35. The third-order valence-electron chi connectivity index (χ3n) is 6.29. The lowest BCUT2D eigenvalue weighted by Crippen LogP contribution is -2.42. The Morgan fingerprint density at radius 2 is 1.34 bits per heavy atom. The van der Waals surface area contributed by atoms with Gasteiger partial charge < -0.3 is 15.7 Å². The lowest BCUT2D eigenvalue weighted by Gasteiger charge is -2.36. The topological polar surface area (TPSA) is 109 Å². The molecule has 7 heteroatoms. The summed E-state index contributed by atoms with van der Waals surface area (Å²) in [6, 6.07) is 16.2. The van der Waals surface area contributed by atoms with Gasteiger partial charge in [0.05, 0.1) is 11.1 Å². The van der Waals surface area contributed by atoms with Gasteiger partial charge in [0.1, 0.15) is 0 Å². The van der Waals surface area contributed by atoms with Gasteiger partial charge in [0.15, 0.2) is 0 Å². The third kappa shape index (κ3) is 2.96. The van der Waals surface area contributed by atoms with E-state index in [4.69, 9.17) is 19.8 Å². The van der Waals surface area contributed by atoms with Crippen LogP contribution in [0.15, 0.2) is 47.4 Å². The van der Waals surface area contributed by atoms with Gasteiger partial charge in [-0.15, -0.1) is 11.8 Å². The number of aliphatic carboxylic acids is 2. The number of hydrogen-bond donors (Lipinski definition) is 2. The van der Waals surface area contributed by atoms with Gasteiger partial charge in [-0.2, -0.15) is 0 Å². The number of carbonyl (C=O) groups is 2. The van der Waals surface area contributed by atoms with Gasteiger partial charge >= 0.3 is 11.9 Å². The monoisotopic (exact) mass is 417 g/mol. The minimum Gasteiger partial charge on any atom is -0.473 e. The van der Waals surface area contributed by atoms with Crippen LogP contribution in [0.5, 0.6) is 0 Å². The molecular weight excluding hydrogens is 390 g/mol. The molecule has 2 aliphatic rings. The first kappa shape index (κ1) is 22.9. The zero-order valence-electron chi connectivity index (χ0n) is 17.0. The Labute approximate surface area is 174 Å². The van der Waals surface area contributed by atoms with Crippen LogP contribution < -0.4 is 0 Å². The van der Waals surface area contributed by atoms with Crippen LogP contribution in [0.1, 0.15) is 48.9 Å². The molecule has 156 valence electrons. The molecule has 0 saturated carbocycles. The summed E-state index contributed by atoms with van der Waals surface area (Å²) in [4.78, 5) is 22.2. The molecule has 2 bridgehead atoms. The molecule has 2 atom stereocenters. The van der Waals surface area contributed by atoms with Crippen LogP contribution >= 0.6 is 11.8 Å². The number of rotatable bonds is 3. The van der Waals surface area contributed by atoms with Crippen molar-refractivity contribution in [3.63, 3.8) is 0 Å². The van der Waals surface area contributed by atoms with Crippen molar-refractivity contribution in [3.8, 4) is 0 Å². The highest BCUT2D eigenvalue weighted by atomic mass is 32.2. The average molecular weight is 418 g/mol. The van der Waals surface area contributed by atoms with E-state index in [9.17, 15) is 0 Å². The van der Waals surface area contributed by atoms with Crippen molar-refractivity contribution < 1.29 is 25.3 Å². The first-order valence-corrected chi connectivity index (χ1v) is 10.5. The predicted molar refractivity (Wildman–Crippen MR) is 113 cm³/mol. The second-order valence-electron chi connectivity index (χ2n) is 7.05. The van der Waals surface area contributed by atoms with Crippen LogP contribution in [0.2, 0.25) is 0 Å². The summed E-state index contributed by atoms with van der Waals surface area (Å²) < 4.78 is 0. The molecule has 2 aliphatic heterocycles. The van der Waals surface area contributed by atoms with Crippen LogP contribution in [0.3, 0.4) is 0 Å². The van der Waals surface area contributed by atoms with Crippen LogP contribution in [0.25, 0.3) is 0 Å². The molecule has 2 aromatic rings. The van der Waals surface area contributed by atoms with E-state index < -0.39 is 11.9 Å². The van der Waals surface area contributed by atoms with Crippen molar-refractivity contribution in [1.82, 2.24) is 4.90 Å². The first-order chi connectivity index (χ1) is 13.3. The summed E-state index contributed by atoms with van der Waals surface area (Å²) in [6.07, 6.45) is 4.40. The maximum atomic E-state index is 9.10. The average Bonchev–Trinajstić information content (AvgIpc) is 3.07. The van der Waals surface area contributed by atoms with E-state index in [1.54, 1.807) is 0 Å². The van der Waals surface area contributed by atoms with Gasteiger partial charge in [-0.1, -0.05) is 44.2 Å². The molecule has 2 aromatic carbocycles. The molecule has 2 unspecified atom stereocenters. The molecule has 2 heterocycles. The fourth-order valence-electron chi connectivity index (χ4n) is 5.13. The molecule has 0 saturated heterocycles. The highest BCUT2D eigenvalue weighted by Crippen LogP contribution is 2.64. The fourth-order valence-corrected chi connectivity index (χ4v) is 5.57. The van der Waals surface area contributed by atoms with E-state index in [-0.39, 0.29) is 16.6 Å². The highest BCUT2D eigenvalue weighted by Gasteiger charge is 2.63. The maximum absolute atomic E-state index is 9.10. The van der Waals surface area contributed by atoms with Gasteiger partial charge in [-0.25, -0.2) is 9.59 Å². The quantitative estimate of drug-likeness (QED) is 0.586. The van der Waals surface area contributed by atoms with Gasteiger partial charge in [0, 0.05) is 4.90 Å². The van der Waals surface area contributed by atoms with E-state index in [1.807, 2.05) is 11.8 Å². The van der Waals surface area contributed by atoms with Crippen molar-refractivity contribution >= 4 is 23.7 Å². The second-order valence-corrected chi connectivity index (χ2v) is 7.93. The van der Waals surface area contributed by atoms with Crippen LogP contribution in [-0.2, 0) is 20.7 Å². The zero-order chi connectivity index (χ0) is 20.7. The van der Waals surface area contributed by atoms with E-state index in [2.05, 4.69) is 74.5 Å². The van der Waals surface area contributed by atoms with Crippen LogP contribution in [-0.4, -0.2) is 45.8 Å². The van der Waals surface area contributed by atoms with E-state index in [0.29, 0.717) is 0 Å². The smallest absolute Gasteiger partial charge is 0.414 e. The summed E-state index contributed by atoms with van der Waals surface area (Å²) in [5.41, 5.74) is 6.20. The van der Waals surface area contributed by atoms with E-state index in [1.165, 1.54) is 27.1 Å². The lowest BCUT2D eigenvalue weighted by atomic mass is 9.71. The Morgan fingerprint density at radius 1 is 0.897 bits per heavy atom. The van der Waals surface area contributed by atoms with Crippen molar-refractivity contribution in [3.05, 3.63) is 64.7 Å². The Balaban J connectivity index is 0.000000379. The summed E-state index contributed by atoms with van der Waals surface area (Å²) in [6.45, 7) is 4.66. The number of carboxylic acid groups (broad SMARTS) is 2. The number of carboxylic acids is 2. The molecule has 4 N–H and O–H groups in total. The zero-order valence-corrected chi connectivity index (χ0v) is 17.8. The van der Waals surface area contributed by atoms with Crippen molar-refractivity contribution in [2.75, 3.05) is 13.3 Å². The predicted octanol–water partition coefficient (Wildman–Crippen LogP) is 3.31. The summed E-state index contributed by atoms with van der Waals surface area (Å²) in [5.74, 6) is -3.65. The SMILES string of the molecule is CCC12c3ccccc3C(CC)(c3cc(SC)ccc31)N2C.O.O=C(O)C(=O)O. The number of benzene rings is 2. The number of nitrogens with zero attached hydrogens (tertiary/aromatic N) is 1. The normalized spacial score (nSPS) is 23.3. The van der Waals surface area contributed by atoms with Gasteiger partial charge in [0.2, 0.25) is 0 Å². The van der Waals surface area contributed by atoms with Gasteiger partial charge in [0.25, 0.3) is 0 Å². The molecule has 0 spiro atoms. The van der Waals surface area contributed by atoms with E-state index >= 15 is 0 Å². The van der Waals surface area contributed by atoms with Crippen LogP contribution in [0, 0.1) is 0 Å². The van der Waals surface area contributed by atoms with Crippen molar-refractivity contribution in [2.24, 2.45) is 0 Å². The summed E-state index contributed by atoms with van der Waals surface area (Å²) >= 11 is 1.84. The molecule has 0 aliphatic carbocycles. The minimum absolute atomic E-state index is 0. The lowest BCUT2D eigenvalue weighted by molar-refractivity contribution is -0.159. The molecule has 29 heavy (non-hydrogen) atoms.